The van der Waals surface area contributed by atoms with E-state index in [4.69, 9.17) is 0 Å². The fourth-order valence-electron chi connectivity index (χ4n) is 2.19. The highest BCUT2D eigenvalue weighted by Crippen LogP contribution is 2.38. The minimum atomic E-state index is 0.970. The Morgan fingerprint density at radius 1 is 1.40 bits per heavy atom. The normalized spacial score (nSPS) is 52.2. The predicted molar refractivity (Wildman–Crippen MR) is 42.9 cm³/mol. The van der Waals surface area contributed by atoms with Crippen LogP contribution in [0.1, 0.15) is 26.2 Å². The summed E-state index contributed by atoms with van der Waals surface area (Å²) in [6.07, 6.45) is 4.50. The maximum atomic E-state index is 2.45. The highest BCUT2D eigenvalue weighted by molar-refractivity contribution is 4.90. The third-order valence-corrected chi connectivity index (χ3v) is 3.07. The van der Waals surface area contributed by atoms with Crippen molar-refractivity contribution in [2.45, 2.75) is 32.2 Å². The van der Waals surface area contributed by atoms with Crippen LogP contribution in [0.4, 0.5) is 0 Å². The Hall–Kier alpha value is -0.0400. The monoisotopic (exact) mass is 139 g/mol. The maximum absolute atomic E-state index is 2.45. The Labute approximate surface area is 63.4 Å². The second-order valence-electron chi connectivity index (χ2n) is 4.27. The van der Waals surface area contributed by atoms with E-state index in [2.05, 4.69) is 18.9 Å². The lowest BCUT2D eigenvalue weighted by Gasteiger charge is -2.32. The number of hydrogen-bond acceptors (Lipinski definition) is 1. The number of rotatable bonds is 2. The molecule has 0 radical (unpaired) electrons. The summed E-state index contributed by atoms with van der Waals surface area (Å²) in [5.74, 6) is 2.12. The second kappa shape index (κ2) is 2.23. The Morgan fingerprint density at radius 2 is 2.00 bits per heavy atom. The molecule has 0 bridgehead atoms. The standard InChI is InChI=1S/C9H17N/c1-7-3-8(4-7)5-9-6-10(9)2/h7-9H,3-6H2,1-2H3. The van der Waals surface area contributed by atoms with Gasteiger partial charge in [-0.2, -0.15) is 0 Å². The number of nitrogens with zero attached hydrogens (tertiary/aromatic N) is 1. The molecule has 1 saturated carbocycles. The lowest BCUT2D eigenvalue weighted by molar-refractivity contribution is 0.194. The molecule has 0 N–H and O–H groups in total. The molecule has 1 heterocycles. The van der Waals surface area contributed by atoms with Gasteiger partial charge in [-0.25, -0.2) is 0 Å². The van der Waals surface area contributed by atoms with Crippen molar-refractivity contribution >= 4 is 0 Å². The zero-order valence-corrected chi connectivity index (χ0v) is 7.01. The van der Waals surface area contributed by atoms with Crippen molar-refractivity contribution in [2.24, 2.45) is 11.8 Å². The molecule has 0 aromatic rings. The first kappa shape index (κ1) is 6.66. The lowest BCUT2D eigenvalue weighted by Crippen LogP contribution is -2.22. The summed E-state index contributed by atoms with van der Waals surface area (Å²) in [6, 6.07) is 0.970. The van der Waals surface area contributed by atoms with E-state index in [9.17, 15) is 0 Å². The molecular formula is C9H17N. The molecule has 2 atom stereocenters. The van der Waals surface area contributed by atoms with Crippen molar-refractivity contribution in [1.29, 1.82) is 0 Å². The highest BCUT2D eigenvalue weighted by atomic mass is 15.3. The molecule has 0 aromatic heterocycles. The fourth-order valence-corrected chi connectivity index (χ4v) is 2.19. The van der Waals surface area contributed by atoms with Gasteiger partial charge in [-0.3, -0.25) is 0 Å². The van der Waals surface area contributed by atoms with Gasteiger partial charge in [-0.05, 0) is 38.1 Å². The van der Waals surface area contributed by atoms with Crippen LogP contribution in [0.5, 0.6) is 0 Å². The van der Waals surface area contributed by atoms with Crippen molar-refractivity contribution in [3.63, 3.8) is 0 Å². The highest BCUT2D eigenvalue weighted by Gasteiger charge is 2.35. The quantitative estimate of drug-likeness (QED) is 0.527. The predicted octanol–water partition coefficient (Wildman–Crippen LogP) is 1.74. The van der Waals surface area contributed by atoms with Gasteiger partial charge in [-0.15, -0.1) is 0 Å². The number of hydrogen-bond donors (Lipinski definition) is 0. The zero-order valence-electron chi connectivity index (χ0n) is 7.01. The summed E-state index contributed by atoms with van der Waals surface area (Å²) in [6.45, 7) is 3.73. The second-order valence-corrected chi connectivity index (χ2v) is 4.27. The van der Waals surface area contributed by atoms with Gasteiger partial charge < -0.3 is 4.90 Å². The third kappa shape index (κ3) is 1.20. The van der Waals surface area contributed by atoms with E-state index < -0.39 is 0 Å². The molecule has 1 saturated heterocycles. The summed E-state index contributed by atoms with van der Waals surface area (Å²) >= 11 is 0. The molecule has 58 valence electrons. The summed E-state index contributed by atoms with van der Waals surface area (Å²) < 4.78 is 0. The molecule has 0 spiro atoms. The topological polar surface area (TPSA) is 3.01 Å². The van der Waals surface area contributed by atoms with E-state index in [1.807, 2.05) is 0 Å². The van der Waals surface area contributed by atoms with Crippen LogP contribution in [-0.2, 0) is 0 Å². The van der Waals surface area contributed by atoms with E-state index in [1.54, 1.807) is 0 Å². The van der Waals surface area contributed by atoms with Crippen LogP contribution in [0, 0.1) is 11.8 Å². The largest absolute Gasteiger partial charge is 0.301 e. The smallest absolute Gasteiger partial charge is 0.0223 e. The summed E-state index contributed by atoms with van der Waals surface area (Å²) in [4.78, 5) is 2.45. The van der Waals surface area contributed by atoms with E-state index in [-0.39, 0.29) is 0 Å². The molecule has 10 heavy (non-hydrogen) atoms. The van der Waals surface area contributed by atoms with Gasteiger partial charge in [0.05, 0.1) is 0 Å². The summed E-state index contributed by atoms with van der Waals surface area (Å²) in [7, 11) is 2.23. The van der Waals surface area contributed by atoms with Crippen LogP contribution in [0.2, 0.25) is 0 Å². The molecule has 2 aliphatic rings. The van der Waals surface area contributed by atoms with Crippen LogP contribution in [-0.4, -0.2) is 24.5 Å². The van der Waals surface area contributed by atoms with Gasteiger partial charge in [0.25, 0.3) is 0 Å². The zero-order chi connectivity index (χ0) is 7.14. The van der Waals surface area contributed by atoms with E-state index >= 15 is 0 Å². The van der Waals surface area contributed by atoms with Gasteiger partial charge in [-0.1, -0.05) is 6.92 Å². The van der Waals surface area contributed by atoms with Gasteiger partial charge in [0.1, 0.15) is 0 Å². The van der Waals surface area contributed by atoms with Gasteiger partial charge >= 0.3 is 0 Å². The minimum Gasteiger partial charge on any atom is -0.301 e. The van der Waals surface area contributed by atoms with E-state index in [0.29, 0.717) is 0 Å². The molecule has 0 aromatic carbocycles. The molecule has 1 nitrogen and oxygen atoms in total. The summed E-state index contributed by atoms with van der Waals surface area (Å²) in [5.41, 5.74) is 0. The number of likely N-dealkylation sites (N-methyl/N-ethyl adjacent to an activating group) is 1. The van der Waals surface area contributed by atoms with Crippen molar-refractivity contribution < 1.29 is 0 Å². The Kier molecular flexibility index (Phi) is 1.48. The molecule has 2 fully saturated rings. The first-order chi connectivity index (χ1) is 4.75. The average Bonchev–Trinajstić information content (AvgIpc) is 2.43. The van der Waals surface area contributed by atoms with Crippen LogP contribution in [0.3, 0.4) is 0 Å². The minimum absolute atomic E-state index is 0.970. The van der Waals surface area contributed by atoms with Gasteiger partial charge in [0.2, 0.25) is 0 Å². The molecule has 1 aliphatic heterocycles. The first-order valence-corrected chi connectivity index (χ1v) is 4.46. The molecular weight excluding hydrogens is 122 g/mol. The lowest BCUT2D eigenvalue weighted by atomic mass is 9.74. The average molecular weight is 139 g/mol. The first-order valence-electron chi connectivity index (χ1n) is 4.46. The van der Waals surface area contributed by atoms with Gasteiger partial charge in [0, 0.05) is 12.6 Å². The van der Waals surface area contributed by atoms with Crippen LogP contribution < -0.4 is 0 Å². The SMILES string of the molecule is CC1CC(CC2CN2C)C1. The molecule has 0 amide bonds. The molecule has 2 unspecified atom stereocenters. The third-order valence-electron chi connectivity index (χ3n) is 3.07. The van der Waals surface area contributed by atoms with E-state index in [1.165, 1.54) is 25.8 Å². The Bertz CT molecular complexity index is 127. The van der Waals surface area contributed by atoms with Crippen molar-refractivity contribution in [2.75, 3.05) is 13.6 Å². The van der Waals surface area contributed by atoms with Crippen molar-refractivity contribution in [1.82, 2.24) is 4.90 Å². The molecule has 2 rings (SSSR count). The van der Waals surface area contributed by atoms with Gasteiger partial charge in [0.15, 0.2) is 0 Å². The Morgan fingerprint density at radius 3 is 2.40 bits per heavy atom. The van der Waals surface area contributed by atoms with E-state index in [0.717, 1.165) is 17.9 Å². The fraction of sp³-hybridized carbons (Fsp3) is 1.00. The van der Waals surface area contributed by atoms with Crippen LogP contribution >= 0.6 is 0 Å². The molecule has 1 aliphatic carbocycles. The Balaban J connectivity index is 1.64. The maximum Gasteiger partial charge on any atom is 0.0223 e. The van der Waals surface area contributed by atoms with Crippen LogP contribution in [0.15, 0.2) is 0 Å². The van der Waals surface area contributed by atoms with Crippen molar-refractivity contribution in [3.05, 3.63) is 0 Å². The van der Waals surface area contributed by atoms with Crippen molar-refractivity contribution in [3.8, 4) is 0 Å². The molecule has 1 heteroatoms. The van der Waals surface area contributed by atoms with Crippen LogP contribution in [0.25, 0.3) is 0 Å². The summed E-state index contributed by atoms with van der Waals surface area (Å²) in [5, 5.41) is 0.